The van der Waals surface area contributed by atoms with Gasteiger partial charge in [-0.2, -0.15) is 11.3 Å². The second-order valence-corrected chi connectivity index (χ2v) is 5.00. The van der Waals surface area contributed by atoms with Gasteiger partial charge in [0.2, 0.25) is 5.91 Å². The highest BCUT2D eigenvalue weighted by Gasteiger charge is 2.06. The molecule has 0 bridgehead atoms. The topological polar surface area (TPSA) is 41.1 Å². The summed E-state index contributed by atoms with van der Waals surface area (Å²) in [6.07, 6.45) is 4.64. The van der Waals surface area contributed by atoms with Crippen LogP contribution in [0.15, 0.2) is 28.5 Å². The number of amides is 1. The highest BCUT2D eigenvalue weighted by atomic mass is 35.5. The van der Waals surface area contributed by atoms with E-state index in [2.05, 4.69) is 28.2 Å². The standard InChI is InChI=1S/C13H18N2OS.ClH/c16-13(2-1-12-5-8-17-10-12)15-9-11-3-6-14-7-4-11;/h3,5,8,10,14H,1-2,4,6-7,9H2,(H,15,16);1H. The molecule has 0 unspecified atom stereocenters. The summed E-state index contributed by atoms with van der Waals surface area (Å²) in [5.41, 5.74) is 2.60. The second kappa shape index (κ2) is 8.29. The zero-order valence-corrected chi connectivity index (χ0v) is 11.9. The first-order valence-electron chi connectivity index (χ1n) is 6.01. The third-order valence-corrected chi connectivity index (χ3v) is 3.62. The molecule has 2 heterocycles. The van der Waals surface area contributed by atoms with Crippen LogP contribution in [0.5, 0.6) is 0 Å². The van der Waals surface area contributed by atoms with E-state index in [1.165, 1.54) is 11.1 Å². The summed E-state index contributed by atoms with van der Waals surface area (Å²) in [6, 6.07) is 2.08. The molecule has 18 heavy (non-hydrogen) atoms. The molecule has 1 aromatic rings. The van der Waals surface area contributed by atoms with Crippen molar-refractivity contribution in [2.45, 2.75) is 19.3 Å². The van der Waals surface area contributed by atoms with Gasteiger partial charge in [0.05, 0.1) is 0 Å². The number of carbonyl (C=O) groups is 1. The Morgan fingerprint density at radius 2 is 2.39 bits per heavy atom. The van der Waals surface area contributed by atoms with Gasteiger partial charge < -0.3 is 10.6 Å². The third-order valence-electron chi connectivity index (χ3n) is 2.89. The van der Waals surface area contributed by atoms with Crippen molar-refractivity contribution in [1.29, 1.82) is 0 Å². The number of hydrogen-bond donors (Lipinski definition) is 2. The summed E-state index contributed by atoms with van der Waals surface area (Å²) >= 11 is 1.68. The van der Waals surface area contributed by atoms with Crippen molar-refractivity contribution in [3.8, 4) is 0 Å². The van der Waals surface area contributed by atoms with Gasteiger partial charge in [0.25, 0.3) is 0 Å². The fourth-order valence-corrected chi connectivity index (χ4v) is 2.53. The van der Waals surface area contributed by atoms with E-state index in [1.807, 2.05) is 5.38 Å². The third kappa shape index (κ3) is 5.21. The maximum atomic E-state index is 11.6. The molecule has 1 amide bonds. The molecule has 0 spiro atoms. The van der Waals surface area contributed by atoms with E-state index in [1.54, 1.807) is 11.3 Å². The van der Waals surface area contributed by atoms with Gasteiger partial charge in [0.1, 0.15) is 0 Å². The Bertz CT molecular complexity index is 390. The van der Waals surface area contributed by atoms with Crippen LogP contribution in [0.3, 0.4) is 0 Å². The molecule has 0 radical (unpaired) electrons. The molecular formula is C13H19ClN2OS. The Hall–Kier alpha value is -0.840. The van der Waals surface area contributed by atoms with E-state index in [9.17, 15) is 4.79 Å². The first-order chi connectivity index (χ1) is 8.34. The Morgan fingerprint density at radius 1 is 1.50 bits per heavy atom. The van der Waals surface area contributed by atoms with Gasteiger partial charge >= 0.3 is 0 Å². The number of aryl methyl sites for hydroxylation is 1. The van der Waals surface area contributed by atoms with Crippen molar-refractivity contribution < 1.29 is 4.79 Å². The molecule has 1 aliphatic rings. The van der Waals surface area contributed by atoms with Gasteiger partial charge in [-0.05, 0) is 41.8 Å². The number of hydrogen-bond acceptors (Lipinski definition) is 3. The second-order valence-electron chi connectivity index (χ2n) is 4.22. The molecule has 5 heteroatoms. The lowest BCUT2D eigenvalue weighted by Crippen LogP contribution is -2.29. The van der Waals surface area contributed by atoms with Gasteiger partial charge in [-0.3, -0.25) is 4.79 Å². The van der Waals surface area contributed by atoms with Crippen molar-refractivity contribution in [2.75, 3.05) is 19.6 Å². The summed E-state index contributed by atoms with van der Waals surface area (Å²) in [6.45, 7) is 2.67. The lowest BCUT2D eigenvalue weighted by Gasteiger charge is -2.14. The first-order valence-corrected chi connectivity index (χ1v) is 6.95. The van der Waals surface area contributed by atoms with Crippen LogP contribution in [0.1, 0.15) is 18.4 Å². The molecule has 100 valence electrons. The quantitative estimate of drug-likeness (QED) is 0.814. The lowest BCUT2D eigenvalue weighted by atomic mass is 10.1. The number of carbonyl (C=O) groups excluding carboxylic acids is 1. The number of thiophene rings is 1. The maximum absolute atomic E-state index is 11.6. The molecule has 0 saturated carbocycles. The van der Waals surface area contributed by atoms with E-state index in [4.69, 9.17) is 0 Å². The molecule has 0 aliphatic carbocycles. The zero-order valence-electron chi connectivity index (χ0n) is 10.3. The molecule has 2 N–H and O–H groups in total. The Kier molecular flexibility index (Phi) is 7.01. The van der Waals surface area contributed by atoms with Gasteiger partial charge in [-0.1, -0.05) is 11.6 Å². The average Bonchev–Trinajstić information content (AvgIpc) is 2.88. The highest BCUT2D eigenvalue weighted by Crippen LogP contribution is 2.08. The van der Waals surface area contributed by atoms with E-state index in [0.29, 0.717) is 13.0 Å². The minimum atomic E-state index is 0. The Labute approximate surface area is 118 Å². The Balaban J connectivity index is 0.00000162. The summed E-state index contributed by atoms with van der Waals surface area (Å²) in [5, 5.41) is 10.4. The monoisotopic (exact) mass is 286 g/mol. The minimum Gasteiger partial charge on any atom is -0.352 e. The smallest absolute Gasteiger partial charge is 0.220 e. The first kappa shape index (κ1) is 15.2. The van der Waals surface area contributed by atoms with Gasteiger partial charge in [-0.25, -0.2) is 0 Å². The van der Waals surface area contributed by atoms with Crippen molar-refractivity contribution in [3.05, 3.63) is 34.0 Å². The van der Waals surface area contributed by atoms with Crippen LogP contribution >= 0.6 is 23.7 Å². The lowest BCUT2D eigenvalue weighted by molar-refractivity contribution is -0.120. The van der Waals surface area contributed by atoms with Crippen LogP contribution in [0.4, 0.5) is 0 Å². The van der Waals surface area contributed by atoms with Crippen LogP contribution in [0.25, 0.3) is 0 Å². The van der Waals surface area contributed by atoms with Crippen LogP contribution in [0.2, 0.25) is 0 Å². The molecule has 2 rings (SSSR count). The highest BCUT2D eigenvalue weighted by molar-refractivity contribution is 7.07. The van der Waals surface area contributed by atoms with E-state index < -0.39 is 0 Å². The summed E-state index contributed by atoms with van der Waals surface area (Å²) in [7, 11) is 0. The van der Waals surface area contributed by atoms with Crippen molar-refractivity contribution >= 4 is 29.7 Å². The number of halogens is 1. The van der Waals surface area contributed by atoms with Gasteiger partial charge in [-0.15, -0.1) is 12.4 Å². The van der Waals surface area contributed by atoms with Crippen LogP contribution in [-0.2, 0) is 11.2 Å². The molecule has 0 atom stereocenters. The average molecular weight is 287 g/mol. The normalized spacial score (nSPS) is 14.6. The predicted molar refractivity (Wildman–Crippen MR) is 78.5 cm³/mol. The molecular weight excluding hydrogens is 268 g/mol. The molecule has 1 aliphatic heterocycles. The van der Waals surface area contributed by atoms with Crippen molar-refractivity contribution in [3.63, 3.8) is 0 Å². The number of rotatable bonds is 5. The van der Waals surface area contributed by atoms with E-state index >= 15 is 0 Å². The fraction of sp³-hybridized carbons (Fsp3) is 0.462. The maximum Gasteiger partial charge on any atom is 0.220 e. The molecule has 0 aromatic carbocycles. The van der Waals surface area contributed by atoms with Gasteiger partial charge in [0.15, 0.2) is 0 Å². The van der Waals surface area contributed by atoms with E-state index in [-0.39, 0.29) is 18.3 Å². The SMILES string of the molecule is Cl.O=C(CCc1ccsc1)NCC1=CCNCC1. The van der Waals surface area contributed by atoms with E-state index in [0.717, 1.165) is 25.9 Å². The zero-order chi connectivity index (χ0) is 11.9. The fourth-order valence-electron chi connectivity index (χ4n) is 1.82. The van der Waals surface area contributed by atoms with Gasteiger partial charge in [0, 0.05) is 19.5 Å². The van der Waals surface area contributed by atoms with Crippen LogP contribution in [0, 0.1) is 0 Å². The summed E-state index contributed by atoms with van der Waals surface area (Å²) < 4.78 is 0. The summed E-state index contributed by atoms with van der Waals surface area (Å²) in [5.74, 6) is 0.149. The molecule has 3 nitrogen and oxygen atoms in total. The largest absolute Gasteiger partial charge is 0.352 e. The predicted octanol–water partition coefficient (Wildman–Crippen LogP) is 2.14. The van der Waals surface area contributed by atoms with Crippen LogP contribution in [-0.4, -0.2) is 25.5 Å². The molecule has 0 saturated heterocycles. The Morgan fingerprint density at radius 3 is 3.06 bits per heavy atom. The molecule has 0 fully saturated rings. The number of nitrogens with one attached hydrogen (secondary N) is 2. The molecule has 1 aromatic heterocycles. The van der Waals surface area contributed by atoms with Crippen molar-refractivity contribution in [1.82, 2.24) is 10.6 Å². The van der Waals surface area contributed by atoms with Crippen LogP contribution < -0.4 is 10.6 Å². The minimum absolute atomic E-state index is 0. The van der Waals surface area contributed by atoms with Crippen molar-refractivity contribution in [2.24, 2.45) is 0 Å². The summed E-state index contributed by atoms with van der Waals surface area (Å²) in [4.78, 5) is 11.6.